The lowest BCUT2D eigenvalue weighted by Crippen LogP contribution is -2.50. The second-order valence-electron chi connectivity index (χ2n) is 8.04. The standard InChI is InChI=1S/C23H26FNO5/c1-14-4-9-19(29-13-22(27)28)18(10-14)21-12-23(3,25-15(2)26)11-20(30-21)16-5-7-17(24)8-6-16/h4-10,20-21H,11-13H2,1-3H3,(H,25,26)(H,27,28)/t20-,21+,23-/m0/s1. The Morgan fingerprint density at radius 2 is 1.87 bits per heavy atom. The fourth-order valence-corrected chi connectivity index (χ4v) is 3.97. The van der Waals surface area contributed by atoms with Crippen molar-refractivity contribution in [1.29, 1.82) is 0 Å². The minimum Gasteiger partial charge on any atom is -0.482 e. The van der Waals surface area contributed by atoms with E-state index in [1.54, 1.807) is 18.2 Å². The molecule has 3 rings (SSSR count). The molecule has 1 saturated heterocycles. The smallest absolute Gasteiger partial charge is 0.341 e. The first-order valence-electron chi connectivity index (χ1n) is 9.80. The summed E-state index contributed by atoms with van der Waals surface area (Å²) in [5, 5.41) is 12.0. The van der Waals surface area contributed by atoms with Crippen LogP contribution in [0.3, 0.4) is 0 Å². The molecule has 1 amide bonds. The number of benzene rings is 2. The van der Waals surface area contributed by atoms with E-state index in [0.717, 1.165) is 16.7 Å². The molecule has 0 bridgehead atoms. The topological polar surface area (TPSA) is 84.9 Å². The van der Waals surface area contributed by atoms with Crippen molar-refractivity contribution in [2.24, 2.45) is 0 Å². The van der Waals surface area contributed by atoms with Gasteiger partial charge in [0, 0.05) is 30.9 Å². The minimum absolute atomic E-state index is 0.150. The monoisotopic (exact) mass is 415 g/mol. The van der Waals surface area contributed by atoms with Gasteiger partial charge in [-0.05, 0) is 43.7 Å². The van der Waals surface area contributed by atoms with Crippen molar-refractivity contribution in [2.45, 2.75) is 51.4 Å². The Hall–Kier alpha value is -2.93. The number of carbonyl (C=O) groups is 2. The van der Waals surface area contributed by atoms with Gasteiger partial charge in [-0.1, -0.05) is 23.8 Å². The van der Waals surface area contributed by atoms with Gasteiger partial charge in [-0.3, -0.25) is 4.79 Å². The molecule has 0 aliphatic carbocycles. The van der Waals surface area contributed by atoms with Crippen molar-refractivity contribution in [1.82, 2.24) is 5.32 Å². The maximum Gasteiger partial charge on any atom is 0.341 e. The van der Waals surface area contributed by atoms with Gasteiger partial charge in [0.05, 0.1) is 12.2 Å². The summed E-state index contributed by atoms with van der Waals surface area (Å²) in [6, 6.07) is 11.6. The van der Waals surface area contributed by atoms with Gasteiger partial charge < -0.3 is 19.9 Å². The molecular formula is C23H26FNO5. The molecule has 2 aromatic rings. The number of carboxylic acids is 1. The molecule has 3 atom stereocenters. The fraction of sp³-hybridized carbons (Fsp3) is 0.391. The Morgan fingerprint density at radius 3 is 2.50 bits per heavy atom. The molecule has 2 N–H and O–H groups in total. The lowest BCUT2D eigenvalue weighted by Gasteiger charge is -2.43. The van der Waals surface area contributed by atoms with Crippen LogP contribution in [0.2, 0.25) is 0 Å². The van der Waals surface area contributed by atoms with Crippen molar-refractivity contribution in [3.8, 4) is 5.75 Å². The van der Waals surface area contributed by atoms with E-state index in [1.165, 1.54) is 19.1 Å². The number of carbonyl (C=O) groups excluding carboxylic acids is 1. The van der Waals surface area contributed by atoms with Crippen molar-refractivity contribution in [3.05, 3.63) is 65.0 Å². The lowest BCUT2D eigenvalue weighted by molar-refractivity contribution is -0.139. The number of aliphatic carboxylic acids is 1. The van der Waals surface area contributed by atoms with Gasteiger partial charge in [0.25, 0.3) is 0 Å². The lowest BCUT2D eigenvalue weighted by atomic mass is 9.81. The van der Waals surface area contributed by atoms with Crippen LogP contribution in [0.4, 0.5) is 4.39 Å². The van der Waals surface area contributed by atoms with Gasteiger partial charge in [-0.25, -0.2) is 9.18 Å². The molecule has 6 nitrogen and oxygen atoms in total. The van der Waals surface area contributed by atoms with E-state index < -0.39 is 24.2 Å². The van der Waals surface area contributed by atoms with Crippen LogP contribution < -0.4 is 10.1 Å². The molecule has 1 aliphatic heterocycles. The van der Waals surface area contributed by atoms with Gasteiger partial charge in [0.15, 0.2) is 6.61 Å². The van der Waals surface area contributed by atoms with Crippen LogP contribution in [0.5, 0.6) is 5.75 Å². The van der Waals surface area contributed by atoms with E-state index in [2.05, 4.69) is 5.32 Å². The highest BCUT2D eigenvalue weighted by Crippen LogP contribution is 2.46. The summed E-state index contributed by atoms with van der Waals surface area (Å²) in [6.45, 7) is 4.88. The van der Waals surface area contributed by atoms with Crippen LogP contribution in [0.1, 0.15) is 55.6 Å². The van der Waals surface area contributed by atoms with Crippen molar-refractivity contribution < 1.29 is 28.6 Å². The Balaban J connectivity index is 1.98. The van der Waals surface area contributed by atoms with Gasteiger partial charge in [0.1, 0.15) is 11.6 Å². The zero-order valence-corrected chi connectivity index (χ0v) is 17.3. The molecule has 0 aromatic heterocycles. The highest BCUT2D eigenvalue weighted by molar-refractivity contribution is 5.73. The normalized spacial score (nSPS) is 23.6. The molecule has 1 heterocycles. The van der Waals surface area contributed by atoms with E-state index in [4.69, 9.17) is 14.6 Å². The van der Waals surface area contributed by atoms with Crippen molar-refractivity contribution in [3.63, 3.8) is 0 Å². The Morgan fingerprint density at radius 1 is 1.20 bits per heavy atom. The SMILES string of the molecule is CC(=O)N[C@@]1(C)C[C@@H](c2ccc(F)cc2)O[C@@H](c2cc(C)ccc2OCC(=O)O)C1. The molecule has 0 saturated carbocycles. The van der Waals surface area contributed by atoms with Crippen molar-refractivity contribution in [2.75, 3.05) is 6.61 Å². The molecule has 0 spiro atoms. The van der Waals surface area contributed by atoms with E-state index in [-0.39, 0.29) is 17.8 Å². The van der Waals surface area contributed by atoms with Crippen LogP contribution in [0.15, 0.2) is 42.5 Å². The number of rotatable bonds is 6. The first kappa shape index (κ1) is 21.8. The highest BCUT2D eigenvalue weighted by atomic mass is 19.1. The summed E-state index contributed by atoms with van der Waals surface area (Å²) >= 11 is 0. The molecule has 160 valence electrons. The molecule has 2 aromatic carbocycles. The summed E-state index contributed by atoms with van der Waals surface area (Å²) in [6.07, 6.45) is 0.173. The number of amides is 1. The first-order chi connectivity index (χ1) is 14.1. The quantitative estimate of drug-likeness (QED) is 0.743. The van der Waals surface area contributed by atoms with Gasteiger partial charge in [-0.2, -0.15) is 0 Å². The predicted molar refractivity (Wildman–Crippen MR) is 109 cm³/mol. The highest BCUT2D eigenvalue weighted by Gasteiger charge is 2.40. The van der Waals surface area contributed by atoms with Crippen LogP contribution in [0, 0.1) is 12.7 Å². The second-order valence-corrected chi connectivity index (χ2v) is 8.04. The summed E-state index contributed by atoms with van der Waals surface area (Å²) in [5.41, 5.74) is 1.93. The third-order valence-corrected chi connectivity index (χ3v) is 5.18. The number of aryl methyl sites for hydroxylation is 1. The summed E-state index contributed by atoms with van der Waals surface area (Å²) in [4.78, 5) is 22.8. The van der Waals surface area contributed by atoms with E-state index in [1.807, 2.05) is 26.0 Å². The van der Waals surface area contributed by atoms with Crippen LogP contribution in [0.25, 0.3) is 0 Å². The average Bonchev–Trinajstić information content (AvgIpc) is 2.66. The number of nitrogens with one attached hydrogen (secondary N) is 1. The second kappa shape index (κ2) is 8.83. The maximum atomic E-state index is 13.4. The van der Waals surface area contributed by atoms with Crippen LogP contribution >= 0.6 is 0 Å². The number of ether oxygens (including phenoxy) is 2. The molecular weight excluding hydrogens is 389 g/mol. The zero-order valence-electron chi connectivity index (χ0n) is 17.3. The molecule has 0 unspecified atom stereocenters. The Bertz CT molecular complexity index is 930. The van der Waals surface area contributed by atoms with Gasteiger partial charge in [-0.15, -0.1) is 0 Å². The number of halogens is 1. The molecule has 7 heteroatoms. The average molecular weight is 415 g/mol. The summed E-state index contributed by atoms with van der Waals surface area (Å²) in [7, 11) is 0. The van der Waals surface area contributed by atoms with Crippen LogP contribution in [-0.4, -0.2) is 29.1 Å². The number of hydrogen-bond donors (Lipinski definition) is 2. The Labute approximate surface area is 175 Å². The van der Waals surface area contributed by atoms with Gasteiger partial charge in [0.2, 0.25) is 5.91 Å². The zero-order chi connectivity index (χ0) is 21.9. The number of hydrogen-bond acceptors (Lipinski definition) is 4. The van der Waals surface area contributed by atoms with E-state index in [0.29, 0.717) is 18.6 Å². The molecule has 1 fully saturated rings. The van der Waals surface area contributed by atoms with E-state index in [9.17, 15) is 14.0 Å². The van der Waals surface area contributed by atoms with Gasteiger partial charge >= 0.3 is 5.97 Å². The predicted octanol–water partition coefficient (Wildman–Crippen LogP) is 4.09. The summed E-state index contributed by atoms with van der Waals surface area (Å²) in [5.74, 6) is -1.13. The molecule has 30 heavy (non-hydrogen) atoms. The molecule has 0 radical (unpaired) electrons. The largest absolute Gasteiger partial charge is 0.482 e. The summed E-state index contributed by atoms with van der Waals surface area (Å²) < 4.78 is 25.3. The third kappa shape index (κ3) is 5.36. The van der Waals surface area contributed by atoms with Crippen molar-refractivity contribution >= 4 is 11.9 Å². The Kier molecular flexibility index (Phi) is 6.41. The third-order valence-electron chi connectivity index (χ3n) is 5.18. The van der Waals surface area contributed by atoms with E-state index >= 15 is 0 Å². The minimum atomic E-state index is -1.07. The first-order valence-corrected chi connectivity index (χ1v) is 9.80. The molecule has 1 aliphatic rings. The maximum absolute atomic E-state index is 13.4. The van der Waals surface area contributed by atoms with Crippen LogP contribution in [-0.2, 0) is 14.3 Å². The number of carboxylic acid groups (broad SMARTS) is 1. The fourth-order valence-electron chi connectivity index (χ4n) is 3.97.